The van der Waals surface area contributed by atoms with Crippen LogP contribution in [0.25, 0.3) is 0 Å². The normalized spacial score (nSPS) is 21.3. The van der Waals surface area contributed by atoms with Gasteiger partial charge in [-0.25, -0.2) is 0 Å². The van der Waals surface area contributed by atoms with E-state index >= 15 is 0 Å². The summed E-state index contributed by atoms with van der Waals surface area (Å²) in [4.78, 5) is 4.82. The first-order valence-electron chi connectivity index (χ1n) is 6.50. The maximum Gasteiger partial charge on any atom is 0.0702 e. The Bertz CT molecular complexity index is 411. The summed E-state index contributed by atoms with van der Waals surface area (Å²) in [5.74, 6) is 0. The van der Waals surface area contributed by atoms with Gasteiger partial charge in [-0.2, -0.15) is 0 Å². The topological polar surface area (TPSA) is 26.7 Å². The molecule has 1 heterocycles. The van der Waals surface area contributed by atoms with Crippen LogP contribution in [0.1, 0.15) is 18.9 Å². The lowest BCUT2D eigenvalue weighted by molar-refractivity contribution is 0.212. The molecule has 1 aromatic rings. The zero-order valence-corrected chi connectivity index (χ0v) is 12.7. The number of likely N-dealkylation sites (N-methyl/N-ethyl adjacent to an activating group) is 1. The number of piperazine rings is 1. The second-order valence-corrected chi connectivity index (χ2v) is 5.84. The quantitative estimate of drug-likeness (QED) is 0.929. The van der Waals surface area contributed by atoms with Crippen LogP contribution in [0.15, 0.2) is 22.7 Å². The van der Waals surface area contributed by atoms with Crippen molar-refractivity contribution in [1.29, 1.82) is 0 Å². The average molecular weight is 313 g/mol. The maximum atomic E-state index is 9.49. The summed E-state index contributed by atoms with van der Waals surface area (Å²) >= 11 is 3.46. The fourth-order valence-corrected chi connectivity index (χ4v) is 3.00. The highest BCUT2D eigenvalue weighted by atomic mass is 79.9. The van der Waals surface area contributed by atoms with Crippen LogP contribution in [-0.2, 0) is 6.61 Å². The van der Waals surface area contributed by atoms with Gasteiger partial charge in [0.2, 0.25) is 0 Å². The molecule has 0 radical (unpaired) electrons. The van der Waals surface area contributed by atoms with E-state index in [0.717, 1.165) is 36.1 Å². The van der Waals surface area contributed by atoms with Crippen molar-refractivity contribution >= 4 is 21.6 Å². The lowest BCUT2D eigenvalue weighted by atomic mass is 10.1. The highest BCUT2D eigenvalue weighted by Crippen LogP contribution is 2.27. The van der Waals surface area contributed by atoms with E-state index in [2.05, 4.69) is 45.8 Å². The van der Waals surface area contributed by atoms with Gasteiger partial charge >= 0.3 is 0 Å². The molecule has 0 spiro atoms. The minimum Gasteiger partial charge on any atom is -0.392 e. The first-order valence-corrected chi connectivity index (χ1v) is 7.29. The number of rotatable bonds is 3. The van der Waals surface area contributed by atoms with E-state index in [-0.39, 0.29) is 6.61 Å². The lowest BCUT2D eigenvalue weighted by Crippen LogP contribution is -2.51. The zero-order chi connectivity index (χ0) is 13.1. The number of benzene rings is 1. The van der Waals surface area contributed by atoms with Crippen molar-refractivity contribution in [3.8, 4) is 0 Å². The van der Waals surface area contributed by atoms with Crippen molar-refractivity contribution < 1.29 is 5.11 Å². The number of anilines is 1. The number of nitrogens with zero attached hydrogens (tertiary/aromatic N) is 2. The molecule has 1 aromatic carbocycles. The van der Waals surface area contributed by atoms with Crippen molar-refractivity contribution in [3.05, 3.63) is 28.2 Å². The van der Waals surface area contributed by atoms with E-state index in [4.69, 9.17) is 0 Å². The van der Waals surface area contributed by atoms with Gasteiger partial charge in [-0.05, 0) is 31.7 Å². The molecule has 4 heteroatoms. The van der Waals surface area contributed by atoms with Crippen LogP contribution in [0.5, 0.6) is 0 Å². The predicted octanol–water partition coefficient (Wildman–Crippen LogP) is 2.47. The molecule has 1 N–H and O–H groups in total. The number of aliphatic hydroxyl groups is 1. The molecule has 1 aliphatic heterocycles. The molecule has 1 aliphatic rings. The Morgan fingerprint density at radius 1 is 1.39 bits per heavy atom. The van der Waals surface area contributed by atoms with Gasteiger partial charge in [-0.1, -0.05) is 22.9 Å². The van der Waals surface area contributed by atoms with Crippen LogP contribution in [-0.4, -0.2) is 42.7 Å². The number of hydrogen-bond donors (Lipinski definition) is 1. The monoisotopic (exact) mass is 312 g/mol. The fraction of sp³-hybridized carbons (Fsp3) is 0.571. The van der Waals surface area contributed by atoms with Crippen LogP contribution in [0.4, 0.5) is 5.69 Å². The van der Waals surface area contributed by atoms with Gasteiger partial charge in [-0.15, -0.1) is 0 Å². The molecule has 2 rings (SSSR count). The van der Waals surface area contributed by atoms with E-state index < -0.39 is 0 Å². The van der Waals surface area contributed by atoms with E-state index in [0.29, 0.717) is 6.04 Å². The number of aliphatic hydroxyl groups excluding tert-OH is 1. The molecule has 0 aromatic heterocycles. The Balaban J connectivity index is 2.21. The third-order valence-corrected chi connectivity index (χ3v) is 4.29. The van der Waals surface area contributed by atoms with Crippen LogP contribution < -0.4 is 4.90 Å². The van der Waals surface area contributed by atoms with Gasteiger partial charge in [0, 0.05) is 41.4 Å². The largest absolute Gasteiger partial charge is 0.392 e. The van der Waals surface area contributed by atoms with Gasteiger partial charge in [0.1, 0.15) is 0 Å². The highest BCUT2D eigenvalue weighted by Gasteiger charge is 2.24. The summed E-state index contributed by atoms with van der Waals surface area (Å²) in [5.41, 5.74) is 2.18. The van der Waals surface area contributed by atoms with Gasteiger partial charge < -0.3 is 10.0 Å². The first kappa shape index (κ1) is 13.8. The molecule has 1 atom stereocenters. The van der Waals surface area contributed by atoms with Crippen LogP contribution in [0, 0.1) is 0 Å². The molecular formula is C14H21BrN2O. The molecule has 3 nitrogen and oxygen atoms in total. The Kier molecular flexibility index (Phi) is 4.65. The summed E-state index contributed by atoms with van der Waals surface area (Å²) in [7, 11) is 2.19. The van der Waals surface area contributed by atoms with Gasteiger partial charge in [0.25, 0.3) is 0 Å². The molecule has 100 valence electrons. The van der Waals surface area contributed by atoms with Gasteiger partial charge in [0.15, 0.2) is 0 Å². The Morgan fingerprint density at radius 3 is 2.83 bits per heavy atom. The summed E-state index contributed by atoms with van der Waals surface area (Å²) in [6.07, 6.45) is 1.16. The second-order valence-electron chi connectivity index (χ2n) is 4.92. The number of halogens is 1. The summed E-state index contributed by atoms with van der Waals surface area (Å²) in [6, 6.07) is 6.77. The molecule has 0 aliphatic carbocycles. The molecule has 1 saturated heterocycles. The molecule has 18 heavy (non-hydrogen) atoms. The van der Waals surface area contributed by atoms with Crippen LogP contribution >= 0.6 is 15.9 Å². The predicted molar refractivity (Wildman–Crippen MR) is 79.0 cm³/mol. The van der Waals surface area contributed by atoms with E-state index in [1.54, 1.807) is 0 Å². The summed E-state index contributed by atoms with van der Waals surface area (Å²) < 4.78 is 1.02. The highest BCUT2D eigenvalue weighted by molar-refractivity contribution is 9.10. The van der Waals surface area contributed by atoms with Crippen LogP contribution in [0.3, 0.4) is 0 Å². The van der Waals surface area contributed by atoms with E-state index in [9.17, 15) is 5.11 Å². The third kappa shape index (κ3) is 2.87. The molecule has 0 bridgehead atoms. The van der Waals surface area contributed by atoms with Crippen molar-refractivity contribution in [2.45, 2.75) is 26.0 Å². The second kappa shape index (κ2) is 6.04. The summed E-state index contributed by atoms with van der Waals surface area (Å²) in [6.45, 7) is 5.49. The number of hydrogen-bond acceptors (Lipinski definition) is 3. The maximum absolute atomic E-state index is 9.49. The van der Waals surface area contributed by atoms with Crippen molar-refractivity contribution in [2.24, 2.45) is 0 Å². The summed E-state index contributed by atoms with van der Waals surface area (Å²) in [5, 5.41) is 9.49. The third-order valence-electron chi connectivity index (χ3n) is 3.80. The molecular weight excluding hydrogens is 292 g/mol. The Morgan fingerprint density at radius 2 is 2.17 bits per heavy atom. The van der Waals surface area contributed by atoms with Crippen molar-refractivity contribution in [3.63, 3.8) is 0 Å². The van der Waals surface area contributed by atoms with Gasteiger partial charge in [-0.3, -0.25) is 4.90 Å². The van der Waals surface area contributed by atoms with E-state index in [1.165, 1.54) is 5.69 Å². The minimum atomic E-state index is 0.0951. The molecule has 0 saturated carbocycles. The van der Waals surface area contributed by atoms with E-state index in [1.807, 2.05) is 12.1 Å². The smallest absolute Gasteiger partial charge is 0.0702 e. The first-order chi connectivity index (χ1) is 8.65. The van der Waals surface area contributed by atoms with Gasteiger partial charge in [0.05, 0.1) is 6.61 Å². The fourth-order valence-electron chi connectivity index (χ4n) is 2.59. The van der Waals surface area contributed by atoms with Crippen molar-refractivity contribution in [1.82, 2.24) is 4.90 Å². The Hall–Kier alpha value is -0.580. The molecule has 1 fully saturated rings. The lowest BCUT2D eigenvalue weighted by Gasteiger charge is -2.41. The average Bonchev–Trinajstić information content (AvgIpc) is 2.39. The van der Waals surface area contributed by atoms with Crippen LogP contribution in [0.2, 0.25) is 0 Å². The standard InChI is InChI=1S/C14H21BrN2O/c1-3-13-9-17(7-6-16(13)2)14-5-4-12(15)8-11(14)10-18/h4-5,8,13,18H,3,6-7,9-10H2,1-2H3. The molecule has 0 amide bonds. The Labute approximate surface area is 118 Å². The molecule has 1 unspecified atom stereocenters. The zero-order valence-electron chi connectivity index (χ0n) is 11.1. The minimum absolute atomic E-state index is 0.0951. The SMILES string of the molecule is CCC1CN(c2ccc(Br)cc2CO)CCN1C. The van der Waals surface area contributed by atoms with Crippen molar-refractivity contribution in [2.75, 3.05) is 31.6 Å².